The van der Waals surface area contributed by atoms with Gasteiger partial charge in [0.05, 0.1) is 22.4 Å². The first kappa shape index (κ1) is 29.5. The lowest BCUT2D eigenvalue weighted by molar-refractivity contribution is 0.660. The molecule has 0 fully saturated rings. The molecular weight excluding hydrogens is 619 g/mol. The van der Waals surface area contributed by atoms with Crippen molar-refractivity contribution in [3.63, 3.8) is 0 Å². The van der Waals surface area contributed by atoms with Gasteiger partial charge in [-0.2, -0.15) is 0 Å². The van der Waals surface area contributed by atoms with Crippen LogP contribution in [0.4, 0.5) is 17.1 Å². The molecule has 0 amide bonds. The highest BCUT2D eigenvalue weighted by Crippen LogP contribution is 2.56. The van der Waals surface area contributed by atoms with Crippen molar-refractivity contribution in [3.05, 3.63) is 187 Å². The quantitative estimate of drug-likeness (QED) is 0.184. The first-order valence-electron chi connectivity index (χ1n) is 17.7. The van der Waals surface area contributed by atoms with Crippen LogP contribution in [0.15, 0.2) is 180 Å². The first-order chi connectivity index (χ1) is 25.1. The van der Waals surface area contributed by atoms with Gasteiger partial charge in [-0.15, -0.1) is 0 Å². The van der Waals surface area contributed by atoms with Gasteiger partial charge in [-0.05, 0) is 68.9 Å². The number of anilines is 3. The Labute approximate surface area is 297 Å². The van der Waals surface area contributed by atoms with E-state index in [1.165, 1.54) is 44.2 Å². The average Bonchev–Trinajstić information content (AvgIpc) is 3.68. The summed E-state index contributed by atoms with van der Waals surface area (Å²) in [6.07, 6.45) is 0. The maximum Gasteiger partial charge on any atom is 0.143 e. The molecule has 9 aromatic rings. The summed E-state index contributed by atoms with van der Waals surface area (Å²) in [5.41, 5.74) is 14.8. The Morgan fingerprint density at radius 1 is 0.451 bits per heavy atom. The standard InChI is InChI=1S/C49H35NO/c1-49(2)40-23-10-8-20-38(40)46-41(49)24-13-26-43(46)50(42-25-11-9-19-36(42)35-30-29-32-15-6-7-18-34(32)31-35)44-27-14-28-45-47(44)39-22-12-21-37(48(39)51-45)33-16-4-3-5-17-33/h3-31H,1-2H3. The van der Waals surface area contributed by atoms with Gasteiger partial charge in [-0.25, -0.2) is 0 Å². The van der Waals surface area contributed by atoms with E-state index in [1.807, 2.05) is 0 Å². The molecule has 1 aromatic heterocycles. The third kappa shape index (κ3) is 4.50. The lowest BCUT2D eigenvalue weighted by Gasteiger charge is -2.31. The van der Waals surface area contributed by atoms with Crippen LogP contribution < -0.4 is 4.90 Å². The summed E-state index contributed by atoms with van der Waals surface area (Å²) < 4.78 is 6.82. The predicted octanol–water partition coefficient (Wildman–Crippen LogP) is 13.8. The molecule has 1 aliphatic carbocycles. The van der Waals surface area contributed by atoms with Crippen LogP contribution in [0, 0.1) is 0 Å². The second-order valence-electron chi connectivity index (χ2n) is 14.1. The zero-order valence-electron chi connectivity index (χ0n) is 28.6. The fourth-order valence-electron chi connectivity index (χ4n) is 8.44. The molecule has 0 saturated heterocycles. The van der Waals surface area contributed by atoms with Crippen molar-refractivity contribution in [2.75, 3.05) is 4.90 Å². The molecule has 0 N–H and O–H groups in total. The molecule has 0 radical (unpaired) electrons. The Morgan fingerprint density at radius 2 is 1.10 bits per heavy atom. The summed E-state index contributed by atoms with van der Waals surface area (Å²) in [4.78, 5) is 2.49. The summed E-state index contributed by atoms with van der Waals surface area (Å²) in [6.45, 7) is 4.70. The molecule has 10 rings (SSSR count). The molecule has 2 nitrogen and oxygen atoms in total. The zero-order chi connectivity index (χ0) is 34.1. The molecule has 0 unspecified atom stereocenters. The molecule has 1 aliphatic rings. The monoisotopic (exact) mass is 653 g/mol. The van der Waals surface area contributed by atoms with E-state index in [9.17, 15) is 0 Å². The average molecular weight is 654 g/mol. The molecule has 0 spiro atoms. The van der Waals surface area contributed by atoms with E-state index < -0.39 is 0 Å². The van der Waals surface area contributed by atoms with Gasteiger partial charge in [0.25, 0.3) is 0 Å². The molecule has 1 heterocycles. The smallest absolute Gasteiger partial charge is 0.143 e. The maximum absolute atomic E-state index is 6.82. The second-order valence-corrected chi connectivity index (χ2v) is 14.1. The fraction of sp³-hybridized carbons (Fsp3) is 0.0612. The highest BCUT2D eigenvalue weighted by atomic mass is 16.3. The first-order valence-corrected chi connectivity index (χ1v) is 17.7. The van der Waals surface area contributed by atoms with Crippen LogP contribution in [0.5, 0.6) is 0 Å². The number of furan rings is 1. The minimum Gasteiger partial charge on any atom is -0.455 e. The minimum atomic E-state index is -0.135. The van der Waals surface area contributed by atoms with E-state index in [0.29, 0.717) is 0 Å². The van der Waals surface area contributed by atoms with Crippen molar-refractivity contribution < 1.29 is 4.42 Å². The van der Waals surface area contributed by atoms with Crippen molar-refractivity contribution in [2.45, 2.75) is 19.3 Å². The highest BCUT2D eigenvalue weighted by Gasteiger charge is 2.38. The summed E-state index contributed by atoms with van der Waals surface area (Å²) in [6, 6.07) is 63.6. The van der Waals surface area contributed by atoms with E-state index in [-0.39, 0.29) is 5.41 Å². The second kappa shape index (κ2) is 11.3. The van der Waals surface area contributed by atoms with Gasteiger partial charge in [0.1, 0.15) is 11.2 Å². The van der Waals surface area contributed by atoms with Crippen LogP contribution >= 0.6 is 0 Å². The Balaban J connectivity index is 1.30. The summed E-state index contributed by atoms with van der Waals surface area (Å²) in [5.74, 6) is 0. The molecule has 0 aliphatic heterocycles. The number of fused-ring (bicyclic) bond motifs is 7. The molecule has 0 bridgehead atoms. The van der Waals surface area contributed by atoms with Gasteiger partial charge in [0.15, 0.2) is 0 Å². The Hall–Kier alpha value is -6.38. The molecular formula is C49H35NO. The number of para-hydroxylation sites is 2. The van der Waals surface area contributed by atoms with Crippen molar-refractivity contribution in [1.82, 2.24) is 0 Å². The number of rotatable bonds is 5. The van der Waals surface area contributed by atoms with Crippen LogP contribution in [0.25, 0.3) is 66.1 Å². The molecule has 8 aromatic carbocycles. The van der Waals surface area contributed by atoms with Gasteiger partial charge in [-0.3, -0.25) is 0 Å². The summed E-state index contributed by atoms with van der Waals surface area (Å²) in [7, 11) is 0. The van der Waals surface area contributed by atoms with Crippen molar-refractivity contribution in [2.24, 2.45) is 0 Å². The highest BCUT2D eigenvalue weighted by molar-refractivity contribution is 6.17. The largest absolute Gasteiger partial charge is 0.455 e. The summed E-state index contributed by atoms with van der Waals surface area (Å²) in [5, 5.41) is 4.66. The van der Waals surface area contributed by atoms with Crippen LogP contribution in [0.1, 0.15) is 25.0 Å². The van der Waals surface area contributed by atoms with Crippen molar-refractivity contribution in [3.8, 4) is 33.4 Å². The number of nitrogens with zero attached hydrogens (tertiary/aromatic N) is 1. The van der Waals surface area contributed by atoms with Crippen LogP contribution in [-0.4, -0.2) is 0 Å². The van der Waals surface area contributed by atoms with Gasteiger partial charge >= 0.3 is 0 Å². The fourth-order valence-corrected chi connectivity index (χ4v) is 8.44. The Morgan fingerprint density at radius 3 is 1.98 bits per heavy atom. The van der Waals surface area contributed by atoms with E-state index in [2.05, 4.69) is 195 Å². The third-order valence-corrected chi connectivity index (χ3v) is 10.9. The number of hydrogen-bond donors (Lipinski definition) is 0. The molecule has 0 saturated carbocycles. The van der Waals surface area contributed by atoms with Gasteiger partial charge in [0, 0.05) is 27.5 Å². The van der Waals surface area contributed by atoms with Crippen LogP contribution in [0.3, 0.4) is 0 Å². The van der Waals surface area contributed by atoms with Gasteiger partial charge in [0.2, 0.25) is 0 Å². The lowest BCUT2D eigenvalue weighted by atomic mass is 9.82. The van der Waals surface area contributed by atoms with E-state index in [4.69, 9.17) is 4.42 Å². The SMILES string of the molecule is CC1(C)c2ccccc2-c2c(N(c3ccccc3-c3ccc4ccccc4c3)c3cccc4oc5c(-c6ccccc6)cccc5c34)cccc21. The molecule has 51 heavy (non-hydrogen) atoms. The Bertz CT molecular complexity index is 2790. The molecule has 2 heteroatoms. The predicted molar refractivity (Wildman–Crippen MR) is 214 cm³/mol. The van der Waals surface area contributed by atoms with Crippen molar-refractivity contribution >= 4 is 49.8 Å². The number of benzene rings is 8. The maximum atomic E-state index is 6.82. The molecule has 242 valence electrons. The van der Waals surface area contributed by atoms with E-state index in [1.54, 1.807) is 0 Å². The third-order valence-electron chi connectivity index (χ3n) is 10.9. The Kier molecular flexibility index (Phi) is 6.56. The van der Waals surface area contributed by atoms with E-state index in [0.717, 1.165) is 50.1 Å². The van der Waals surface area contributed by atoms with E-state index >= 15 is 0 Å². The number of hydrogen-bond acceptors (Lipinski definition) is 2. The summed E-state index contributed by atoms with van der Waals surface area (Å²) >= 11 is 0. The molecule has 0 atom stereocenters. The topological polar surface area (TPSA) is 16.4 Å². The normalized spacial score (nSPS) is 13.1. The zero-order valence-corrected chi connectivity index (χ0v) is 28.6. The van der Waals surface area contributed by atoms with Gasteiger partial charge in [-0.1, -0.05) is 159 Å². The lowest BCUT2D eigenvalue weighted by Crippen LogP contribution is -2.16. The van der Waals surface area contributed by atoms with Gasteiger partial charge < -0.3 is 9.32 Å². The van der Waals surface area contributed by atoms with Crippen LogP contribution in [-0.2, 0) is 5.41 Å². The minimum absolute atomic E-state index is 0.135. The van der Waals surface area contributed by atoms with Crippen molar-refractivity contribution in [1.29, 1.82) is 0 Å². The van der Waals surface area contributed by atoms with Crippen LogP contribution in [0.2, 0.25) is 0 Å².